The van der Waals surface area contributed by atoms with Crippen molar-refractivity contribution in [3.05, 3.63) is 53.7 Å². The van der Waals surface area contributed by atoms with E-state index in [1.165, 1.54) is 5.56 Å². The molecule has 1 heterocycles. The summed E-state index contributed by atoms with van der Waals surface area (Å²) in [5, 5.41) is 9.25. The highest BCUT2D eigenvalue weighted by Crippen LogP contribution is 2.23. The van der Waals surface area contributed by atoms with Crippen molar-refractivity contribution in [1.29, 1.82) is 0 Å². The first kappa shape index (κ1) is 16.7. The highest BCUT2D eigenvalue weighted by Gasteiger charge is 2.20. The minimum atomic E-state index is -0.0307. The Morgan fingerprint density at radius 3 is 2.45 bits per heavy atom. The van der Waals surface area contributed by atoms with Crippen molar-refractivity contribution >= 4 is 0 Å². The third kappa shape index (κ3) is 4.97. The standard InChI is InChI=1S/C18H26N2O2/c1-18(2,3)16-13-19-17(22-16)14-20(11-12-21)10-9-15-7-5-4-6-8-15/h4-8,13,21H,9-12,14H2,1-3H3. The molecule has 0 saturated heterocycles. The molecular formula is C18H26N2O2. The van der Waals surface area contributed by atoms with Gasteiger partial charge in [-0.15, -0.1) is 0 Å². The predicted molar refractivity (Wildman–Crippen MR) is 87.7 cm³/mol. The smallest absolute Gasteiger partial charge is 0.208 e. The summed E-state index contributed by atoms with van der Waals surface area (Å²) in [5.74, 6) is 1.61. The van der Waals surface area contributed by atoms with Gasteiger partial charge in [0.05, 0.1) is 19.3 Å². The first-order valence-corrected chi connectivity index (χ1v) is 7.81. The van der Waals surface area contributed by atoms with Crippen LogP contribution in [-0.4, -0.2) is 34.7 Å². The van der Waals surface area contributed by atoms with Gasteiger partial charge in [0.2, 0.25) is 5.89 Å². The Hall–Kier alpha value is -1.65. The summed E-state index contributed by atoms with van der Waals surface area (Å²) in [6, 6.07) is 10.4. The van der Waals surface area contributed by atoms with Crippen molar-refractivity contribution in [2.45, 2.75) is 39.2 Å². The quantitative estimate of drug-likeness (QED) is 0.854. The van der Waals surface area contributed by atoms with Crippen LogP contribution in [0.2, 0.25) is 0 Å². The monoisotopic (exact) mass is 302 g/mol. The molecule has 0 bridgehead atoms. The van der Waals surface area contributed by atoms with Crippen molar-refractivity contribution in [1.82, 2.24) is 9.88 Å². The molecule has 0 atom stereocenters. The topological polar surface area (TPSA) is 49.5 Å². The van der Waals surface area contributed by atoms with Gasteiger partial charge >= 0.3 is 0 Å². The number of hydrogen-bond acceptors (Lipinski definition) is 4. The van der Waals surface area contributed by atoms with E-state index in [0.29, 0.717) is 19.0 Å². The van der Waals surface area contributed by atoms with E-state index < -0.39 is 0 Å². The van der Waals surface area contributed by atoms with Crippen molar-refractivity contribution in [3.63, 3.8) is 0 Å². The van der Waals surface area contributed by atoms with Crippen molar-refractivity contribution in [2.75, 3.05) is 19.7 Å². The highest BCUT2D eigenvalue weighted by atomic mass is 16.4. The van der Waals surface area contributed by atoms with Crippen LogP contribution in [0.1, 0.15) is 38.0 Å². The zero-order valence-corrected chi connectivity index (χ0v) is 13.7. The van der Waals surface area contributed by atoms with Gasteiger partial charge in [-0.1, -0.05) is 51.1 Å². The molecule has 4 heteroatoms. The number of nitrogens with zero attached hydrogens (tertiary/aromatic N) is 2. The maximum absolute atomic E-state index is 9.25. The normalized spacial score (nSPS) is 12.0. The lowest BCUT2D eigenvalue weighted by molar-refractivity contribution is 0.178. The molecule has 0 spiro atoms. The molecule has 1 aromatic carbocycles. The number of oxazole rings is 1. The summed E-state index contributed by atoms with van der Waals surface area (Å²) in [4.78, 5) is 6.54. The fourth-order valence-corrected chi connectivity index (χ4v) is 2.26. The van der Waals surface area contributed by atoms with Crippen molar-refractivity contribution in [2.24, 2.45) is 0 Å². The number of aromatic nitrogens is 1. The lowest BCUT2D eigenvalue weighted by Gasteiger charge is -2.19. The lowest BCUT2D eigenvalue weighted by Crippen LogP contribution is -2.28. The van der Waals surface area contributed by atoms with Gasteiger partial charge in [0, 0.05) is 18.5 Å². The molecule has 4 nitrogen and oxygen atoms in total. The maximum atomic E-state index is 9.25. The van der Waals surface area contributed by atoms with Crippen LogP contribution in [0.5, 0.6) is 0 Å². The van der Waals surface area contributed by atoms with E-state index in [2.05, 4.69) is 54.9 Å². The van der Waals surface area contributed by atoms with Crippen LogP contribution in [0, 0.1) is 0 Å². The molecule has 120 valence electrons. The Balaban J connectivity index is 1.95. The summed E-state index contributed by atoms with van der Waals surface area (Å²) in [7, 11) is 0. The second-order valence-corrected chi connectivity index (χ2v) is 6.60. The Labute approximate surface area is 132 Å². The van der Waals surface area contributed by atoms with E-state index in [0.717, 1.165) is 18.7 Å². The Morgan fingerprint density at radius 2 is 1.86 bits per heavy atom. The number of hydrogen-bond donors (Lipinski definition) is 1. The Bertz CT molecular complexity index is 558. The fourth-order valence-electron chi connectivity index (χ4n) is 2.26. The third-order valence-electron chi connectivity index (χ3n) is 3.63. The highest BCUT2D eigenvalue weighted by molar-refractivity contribution is 5.15. The maximum Gasteiger partial charge on any atom is 0.208 e. The van der Waals surface area contributed by atoms with Gasteiger partial charge in [0.25, 0.3) is 0 Å². The summed E-state index contributed by atoms with van der Waals surface area (Å²) in [6.07, 6.45) is 2.76. The molecular weight excluding hydrogens is 276 g/mol. The molecule has 0 saturated carbocycles. The molecule has 1 N–H and O–H groups in total. The minimum Gasteiger partial charge on any atom is -0.444 e. The largest absolute Gasteiger partial charge is 0.444 e. The molecule has 0 fully saturated rings. The first-order valence-electron chi connectivity index (χ1n) is 7.81. The van der Waals surface area contributed by atoms with E-state index >= 15 is 0 Å². The van der Waals surface area contributed by atoms with Crippen LogP contribution < -0.4 is 0 Å². The number of aliphatic hydroxyl groups is 1. The number of aliphatic hydroxyl groups excluding tert-OH is 1. The second-order valence-electron chi connectivity index (χ2n) is 6.60. The fraction of sp³-hybridized carbons (Fsp3) is 0.500. The molecule has 0 aliphatic rings. The second kappa shape index (κ2) is 7.56. The van der Waals surface area contributed by atoms with Gasteiger partial charge in [-0.3, -0.25) is 4.90 Å². The molecule has 0 aliphatic carbocycles. The van der Waals surface area contributed by atoms with Gasteiger partial charge in [-0.25, -0.2) is 4.98 Å². The van der Waals surface area contributed by atoms with E-state index in [-0.39, 0.29) is 12.0 Å². The molecule has 1 aromatic heterocycles. The summed E-state index contributed by atoms with van der Waals surface area (Å²) in [6.45, 7) is 8.59. The molecule has 2 rings (SSSR count). The van der Waals surface area contributed by atoms with Gasteiger partial charge in [0.1, 0.15) is 5.76 Å². The molecule has 0 radical (unpaired) electrons. The van der Waals surface area contributed by atoms with Crippen molar-refractivity contribution in [3.8, 4) is 0 Å². The number of rotatable bonds is 7. The van der Waals surface area contributed by atoms with Gasteiger partial charge in [-0.2, -0.15) is 0 Å². The molecule has 0 unspecified atom stereocenters. The van der Waals surface area contributed by atoms with E-state index in [1.807, 2.05) is 12.3 Å². The van der Waals surface area contributed by atoms with Crippen LogP contribution in [-0.2, 0) is 18.4 Å². The SMILES string of the molecule is CC(C)(C)c1cnc(CN(CCO)CCc2ccccc2)o1. The zero-order valence-electron chi connectivity index (χ0n) is 13.7. The van der Waals surface area contributed by atoms with Gasteiger partial charge < -0.3 is 9.52 Å². The average Bonchev–Trinajstić information content (AvgIpc) is 2.95. The van der Waals surface area contributed by atoms with Gasteiger partial charge in [-0.05, 0) is 12.0 Å². The van der Waals surface area contributed by atoms with Crippen LogP contribution in [0.3, 0.4) is 0 Å². The lowest BCUT2D eigenvalue weighted by atomic mass is 9.94. The zero-order chi connectivity index (χ0) is 16.0. The Morgan fingerprint density at radius 1 is 1.14 bits per heavy atom. The molecule has 0 amide bonds. The van der Waals surface area contributed by atoms with Crippen LogP contribution >= 0.6 is 0 Å². The summed E-state index contributed by atoms with van der Waals surface area (Å²) in [5.41, 5.74) is 1.27. The predicted octanol–water partition coefficient (Wildman–Crippen LogP) is 3.01. The molecule has 0 aliphatic heterocycles. The van der Waals surface area contributed by atoms with Crippen LogP contribution in [0.4, 0.5) is 0 Å². The van der Waals surface area contributed by atoms with Crippen LogP contribution in [0.25, 0.3) is 0 Å². The first-order chi connectivity index (χ1) is 10.5. The van der Waals surface area contributed by atoms with Crippen molar-refractivity contribution < 1.29 is 9.52 Å². The number of benzene rings is 1. The van der Waals surface area contributed by atoms with E-state index in [4.69, 9.17) is 4.42 Å². The average molecular weight is 302 g/mol. The molecule has 2 aromatic rings. The van der Waals surface area contributed by atoms with E-state index in [1.54, 1.807) is 0 Å². The van der Waals surface area contributed by atoms with Crippen LogP contribution in [0.15, 0.2) is 40.9 Å². The van der Waals surface area contributed by atoms with E-state index in [9.17, 15) is 5.11 Å². The van der Waals surface area contributed by atoms with Gasteiger partial charge in [0.15, 0.2) is 0 Å². The summed E-state index contributed by atoms with van der Waals surface area (Å²) < 4.78 is 5.84. The molecule has 22 heavy (non-hydrogen) atoms. The Kier molecular flexibility index (Phi) is 5.75. The minimum absolute atomic E-state index is 0.0307. The third-order valence-corrected chi connectivity index (χ3v) is 3.63. The summed E-state index contributed by atoms with van der Waals surface area (Å²) >= 11 is 0.